The second kappa shape index (κ2) is 6.28. The zero-order chi connectivity index (χ0) is 16.5. The van der Waals surface area contributed by atoms with Gasteiger partial charge in [-0.3, -0.25) is 0 Å². The van der Waals surface area contributed by atoms with Crippen molar-refractivity contribution in [2.45, 2.75) is 38.5 Å². The number of aryl methyl sites for hydroxylation is 3. The van der Waals surface area contributed by atoms with E-state index in [-0.39, 0.29) is 0 Å². The average molecular weight is 312 g/mol. The average Bonchev–Trinajstić information content (AvgIpc) is 2.62. The monoisotopic (exact) mass is 312 g/mol. The van der Waals surface area contributed by atoms with Gasteiger partial charge in [0.25, 0.3) is 0 Å². The van der Waals surface area contributed by atoms with Crippen molar-refractivity contribution in [2.24, 2.45) is 0 Å². The van der Waals surface area contributed by atoms with E-state index in [4.69, 9.17) is 0 Å². The van der Waals surface area contributed by atoms with E-state index in [1.54, 1.807) is 0 Å². The molecule has 2 unspecified atom stereocenters. The lowest BCUT2D eigenvalue weighted by Gasteiger charge is -2.34. The third kappa shape index (κ3) is 2.78. The molecular weight excluding hydrogens is 288 g/mol. The Bertz CT molecular complexity index is 825. The standard InChI is InChI=1S/C24H24/c1-17-7-11-20(12-8-17)23-16-15-19-5-3-4-6-22(19)24(23)21-13-9-18(2)10-14-21/h3-14,23-24H,15-16H2,1-2H3. The van der Waals surface area contributed by atoms with Gasteiger partial charge >= 0.3 is 0 Å². The topological polar surface area (TPSA) is 0 Å². The predicted molar refractivity (Wildman–Crippen MR) is 102 cm³/mol. The molecule has 0 fully saturated rings. The fourth-order valence-corrected chi connectivity index (χ4v) is 4.12. The van der Waals surface area contributed by atoms with E-state index in [9.17, 15) is 0 Å². The molecule has 0 radical (unpaired) electrons. The second-order valence-corrected chi connectivity index (χ2v) is 7.14. The minimum Gasteiger partial charge on any atom is -0.0620 e. The molecule has 0 bridgehead atoms. The van der Waals surface area contributed by atoms with E-state index in [1.807, 2.05) is 0 Å². The molecule has 4 rings (SSSR count). The van der Waals surface area contributed by atoms with Crippen LogP contribution >= 0.6 is 0 Å². The van der Waals surface area contributed by atoms with Gasteiger partial charge in [-0.1, -0.05) is 83.9 Å². The quantitative estimate of drug-likeness (QED) is 0.531. The summed E-state index contributed by atoms with van der Waals surface area (Å²) < 4.78 is 0. The number of rotatable bonds is 2. The van der Waals surface area contributed by atoms with E-state index in [1.165, 1.54) is 46.2 Å². The van der Waals surface area contributed by atoms with Crippen LogP contribution in [0.2, 0.25) is 0 Å². The summed E-state index contributed by atoms with van der Waals surface area (Å²) in [7, 11) is 0. The Kier molecular flexibility index (Phi) is 3.98. The van der Waals surface area contributed by atoms with Crippen molar-refractivity contribution in [1.29, 1.82) is 0 Å². The van der Waals surface area contributed by atoms with Crippen LogP contribution in [0.1, 0.15) is 51.6 Å². The van der Waals surface area contributed by atoms with Crippen LogP contribution in [0, 0.1) is 13.8 Å². The SMILES string of the molecule is Cc1ccc(C2CCc3ccccc3C2c2ccc(C)cc2)cc1. The highest BCUT2D eigenvalue weighted by molar-refractivity contribution is 5.45. The van der Waals surface area contributed by atoms with Gasteiger partial charge in [0.2, 0.25) is 0 Å². The molecule has 0 spiro atoms. The molecule has 120 valence electrons. The number of benzene rings is 3. The molecule has 0 aliphatic heterocycles. The van der Waals surface area contributed by atoms with Crippen molar-refractivity contribution in [1.82, 2.24) is 0 Å². The molecular formula is C24H24. The molecule has 24 heavy (non-hydrogen) atoms. The highest BCUT2D eigenvalue weighted by Gasteiger charge is 2.31. The van der Waals surface area contributed by atoms with Gasteiger partial charge in [-0.15, -0.1) is 0 Å². The summed E-state index contributed by atoms with van der Waals surface area (Å²) in [5, 5.41) is 0. The van der Waals surface area contributed by atoms with Crippen molar-refractivity contribution in [3.8, 4) is 0 Å². The number of hydrogen-bond donors (Lipinski definition) is 0. The Balaban J connectivity index is 1.83. The zero-order valence-electron chi connectivity index (χ0n) is 14.5. The van der Waals surface area contributed by atoms with Crippen LogP contribution in [0.4, 0.5) is 0 Å². The molecule has 0 saturated heterocycles. The maximum atomic E-state index is 2.33. The minimum atomic E-state index is 0.457. The molecule has 0 N–H and O–H groups in total. The number of hydrogen-bond acceptors (Lipinski definition) is 0. The molecule has 0 heterocycles. The van der Waals surface area contributed by atoms with Gasteiger partial charge < -0.3 is 0 Å². The van der Waals surface area contributed by atoms with Crippen molar-refractivity contribution in [3.63, 3.8) is 0 Å². The molecule has 0 saturated carbocycles. The van der Waals surface area contributed by atoms with Crippen molar-refractivity contribution in [3.05, 3.63) is 106 Å². The van der Waals surface area contributed by atoms with E-state index in [0.29, 0.717) is 11.8 Å². The summed E-state index contributed by atoms with van der Waals surface area (Å²) in [4.78, 5) is 0. The summed E-state index contributed by atoms with van der Waals surface area (Å²) >= 11 is 0. The van der Waals surface area contributed by atoms with Crippen LogP contribution in [-0.4, -0.2) is 0 Å². The third-order valence-corrected chi connectivity index (χ3v) is 5.46. The fraction of sp³-hybridized carbons (Fsp3) is 0.250. The van der Waals surface area contributed by atoms with Crippen LogP contribution in [-0.2, 0) is 6.42 Å². The lowest BCUT2D eigenvalue weighted by molar-refractivity contribution is 0.524. The van der Waals surface area contributed by atoms with Crippen molar-refractivity contribution >= 4 is 0 Å². The molecule has 0 heteroatoms. The summed E-state index contributed by atoms with van der Waals surface area (Å²) in [5.74, 6) is 1.02. The van der Waals surface area contributed by atoms with Crippen molar-refractivity contribution < 1.29 is 0 Å². The van der Waals surface area contributed by atoms with Gasteiger partial charge in [0.1, 0.15) is 0 Å². The Morgan fingerprint density at radius 3 is 1.92 bits per heavy atom. The molecule has 1 aliphatic rings. The van der Waals surface area contributed by atoms with E-state index < -0.39 is 0 Å². The van der Waals surface area contributed by atoms with Crippen molar-refractivity contribution in [2.75, 3.05) is 0 Å². The fourth-order valence-electron chi connectivity index (χ4n) is 4.12. The maximum absolute atomic E-state index is 2.33. The van der Waals surface area contributed by atoms with Crippen LogP contribution in [0.5, 0.6) is 0 Å². The summed E-state index contributed by atoms with van der Waals surface area (Å²) in [6.45, 7) is 4.33. The maximum Gasteiger partial charge on any atom is 0.0161 e. The minimum absolute atomic E-state index is 0.457. The largest absolute Gasteiger partial charge is 0.0620 e. The van der Waals surface area contributed by atoms with E-state index in [0.717, 1.165) is 0 Å². The summed E-state index contributed by atoms with van der Waals surface area (Å²) in [6, 6.07) is 27.3. The van der Waals surface area contributed by atoms with Crippen LogP contribution in [0.25, 0.3) is 0 Å². The first-order chi connectivity index (χ1) is 11.7. The normalized spacial score (nSPS) is 19.8. The molecule has 1 aliphatic carbocycles. The highest BCUT2D eigenvalue weighted by atomic mass is 14.3. The molecule has 0 aromatic heterocycles. The Labute approximate surface area is 145 Å². The third-order valence-electron chi connectivity index (χ3n) is 5.46. The Hall–Kier alpha value is -2.34. The highest BCUT2D eigenvalue weighted by Crippen LogP contribution is 2.46. The first-order valence-electron chi connectivity index (χ1n) is 8.93. The predicted octanol–water partition coefficient (Wildman–Crippen LogP) is 6.17. The van der Waals surface area contributed by atoms with E-state index in [2.05, 4.69) is 86.6 Å². The molecule has 3 aromatic rings. The molecule has 0 nitrogen and oxygen atoms in total. The lowest BCUT2D eigenvalue weighted by Crippen LogP contribution is -2.20. The van der Waals surface area contributed by atoms with Crippen LogP contribution < -0.4 is 0 Å². The van der Waals surface area contributed by atoms with Gasteiger partial charge in [-0.2, -0.15) is 0 Å². The summed E-state index contributed by atoms with van der Waals surface area (Å²) in [5.41, 5.74) is 8.61. The smallest absolute Gasteiger partial charge is 0.0161 e. The zero-order valence-corrected chi connectivity index (χ0v) is 14.5. The van der Waals surface area contributed by atoms with Gasteiger partial charge in [0, 0.05) is 5.92 Å². The molecule has 3 aromatic carbocycles. The first kappa shape index (κ1) is 15.2. The van der Waals surface area contributed by atoms with Gasteiger partial charge in [0.05, 0.1) is 0 Å². The molecule has 2 atom stereocenters. The molecule has 0 amide bonds. The van der Waals surface area contributed by atoms with E-state index >= 15 is 0 Å². The van der Waals surface area contributed by atoms with Crippen LogP contribution in [0.3, 0.4) is 0 Å². The lowest BCUT2D eigenvalue weighted by atomic mass is 9.69. The van der Waals surface area contributed by atoms with Gasteiger partial charge in [-0.05, 0) is 54.9 Å². The Morgan fingerprint density at radius 1 is 0.667 bits per heavy atom. The Morgan fingerprint density at radius 2 is 1.25 bits per heavy atom. The number of fused-ring (bicyclic) bond motifs is 1. The van der Waals surface area contributed by atoms with Crippen LogP contribution in [0.15, 0.2) is 72.8 Å². The first-order valence-corrected chi connectivity index (χ1v) is 8.93. The van der Waals surface area contributed by atoms with Gasteiger partial charge in [0.15, 0.2) is 0 Å². The second-order valence-electron chi connectivity index (χ2n) is 7.14. The van der Waals surface area contributed by atoms with Gasteiger partial charge in [-0.25, -0.2) is 0 Å². The summed E-state index contributed by atoms with van der Waals surface area (Å²) in [6.07, 6.45) is 2.40.